The summed E-state index contributed by atoms with van der Waals surface area (Å²) in [6.07, 6.45) is 2.52. The fraction of sp³-hybridized carbons (Fsp3) is 0.800. The second kappa shape index (κ2) is 8.13. The van der Waals surface area contributed by atoms with Gasteiger partial charge >= 0.3 is 0 Å². The zero-order chi connectivity index (χ0) is 7.98. The van der Waals surface area contributed by atoms with Crippen LogP contribution in [0.15, 0.2) is 0 Å². The molecule has 4 nitrogen and oxygen atoms in total. The Labute approximate surface area is 76.3 Å². The van der Waals surface area contributed by atoms with Crippen molar-refractivity contribution in [2.24, 2.45) is 5.73 Å². The molecule has 6 heteroatoms. The zero-order valence-electron chi connectivity index (χ0n) is 6.24. The molecule has 0 spiro atoms. The van der Waals surface area contributed by atoms with Gasteiger partial charge in [-0.3, -0.25) is 10.0 Å². The zero-order valence-corrected chi connectivity index (χ0v) is 7.87. The SMILES string of the molecule is CSCC[C@H](N)C(=O)NO.Cl. The number of amides is 1. The van der Waals surface area contributed by atoms with Gasteiger partial charge in [-0.25, -0.2) is 5.48 Å². The first kappa shape index (κ1) is 13.6. The van der Waals surface area contributed by atoms with Gasteiger partial charge < -0.3 is 5.73 Å². The van der Waals surface area contributed by atoms with Crippen molar-refractivity contribution < 1.29 is 10.0 Å². The molecule has 68 valence electrons. The Balaban J connectivity index is 0. The fourth-order valence-electron chi connectivity index (χ4n) is 0.459. The van der Waals surface area contributed by atoms with Crippen molar-refractivity contribution in [3.63, 3.8) is 0 Å². The summed E-state index contributed by atoms with van der Waals surface area (Å²) in [7, 11) is 0. The summed E-state index contributed by atoms with van der Waals surface area (Å²) in [6.45, 7) is 0. The van der Waals surface area contributed by atoms with Crippen LogP contribution in [0.3, 0.4) is 0 Å². The van der Waals surface area contributed by atoms with Crippen LogP contribution in [0, 0.1) is 0 Å². The highest BCUT2D eigenvalue weighted by molar-refractivity contribution is 7.98. The molecule has 0 aliphatic rings. The van der Waals surface area contributed by atoms with Crippen molar-refractivity contribution in [3.05, 3.63) is 0 Å². The number of carbonyl (C=O) groups excluding carboxylic acids is 1. The predicted octanol–water partition coefficient (Wildman–Crippen LogP) is -0.00600. The fourth-order valence-corrected chi connectivity index (χ4v) is 0.948. The van der Waals surface area contributed by atoms with E-state index in [0.717, 1.165) is 5.75 Å². The van der Waals surface area contributed by atoms with Gasteiger partial charge in [-0.1, -0.05) is 0 Å². The lowest BCUT2D eigenvalue weighted by atomic mass is 10.2. The second-order valence-electron chi connectivity index (χ2n) is 1.86. The van der Waals surface area contributed by atoms with Gasteiger partial charge in [0.15, 0.2) is 0 Å². The number of nitrogens with two attached hydrogens (primary N) is 1. The monoisotopic (exact) mass is 200 g/mol. The summed E-state index contributed by atoms with van der Waals surface area (Å²) in [5.74, 6) is 0.309. The highest BCUT2D eigenvalue weighted by Crippen LogP contribution is 1.97. The highest BCUT2D eigenvalue weighted by atomic mass is 35.5. The third kappa shape index (κ3) is 6.43. The van der Waals surface area contributed by atoms with Crippen molar-refractivity contribution >= 4 is 30.1 Å². The molecule has 1 atom stereocenters. The van der Waals surface area contributed by atoms with E-state index in [1.807, 2.05) is 6.26 Å². The van der Waals surface area contributed by atoms with Gasteiger partial charge in [0.05, 0.1) is 6.04 Å². The Morgan fingerprint density at radius 1 is 1.82 bits per heavy atom. The van der Waals surface area contributed by atoms with E-state index in [0.29, 0.717) is 6.42 Å². The Hall–Kier alpha value is 0.0300. The smallest absolute Gasteiger partial charge is 0.260 e. The minimum atomic E-state index is -0.586. The lowest BCUT2D eigenvalue weighted by Gasteiger charge is -2.06. The molecule has 1 amide bonds. The molecule has 0 fully saturated rings. The molecular weight excluding hydrogens is 188 g/mol. The van der Waals surface area contributed by atoms with E-state index >= 15 is 0 Å². The van der Waals surface area contributed by atoms with E-state index in [1.54, 1.807) is 11.8 Å². The molecule has 0 aromatic heterocycles. The van der Waals surface area contributed by atoms with Crippen LogP contribution in [0.2, 0.25) is 0 Å². The molecule has 0 radical (unpaired) electrons. The Kier molecular flexibility index (Phi) is 10.1. The van der Waals surface area contributed by atoms with Crippen LogP contribution in [0.4, 0.5) is 0 Å². The molecule has 0 rings (SSSR count). The van der Waals surface area contributed by atoms with Gasteiger partial charge in [-0.2, -0.15) is 11.8 Å². The van der Waals surface area contributed by atoms with Gasteiger partial charge in [-0.05, 0) is 18.4 Å². The second-order valence-corrected chi connectivity index (χ2v) is 2.85. The quantitative estimate of drug-likeness (QED) is 0.441. The summed E-state index contributed by atoms with van der Waals surface area (Å²) in [5.41, 5.74) is 6.83. The molecule has 0 saturated heterocycles. The van der Waals surface area contributed by atoms with Gasteiger partial charge in [0.1, 0.15) is 0 Å². The van der Waals surface area contributed by atoms with Crippen molar-refractivity contribution in [3.8, 4) is 0 Å². The van der Waals surface area contributed by atoms with Crippen molar-refractivity contribution in [2.45, 2.75) is 12.5 Å². The summed E-state index contributed by atoms with van der Waals surface area (Å²) in [4.78, 5) is 10.5. The van der Waals surface area contributed by atoms with Crippen molar-refractivity contribution in [1.82, 2.24) is 5.48 Å². The summed E-state index contributed by atoms with van der Waals surface area (Å²) in [5, 5.41) is 8.12. The number of halogens is 1. The van der Waals surface area contributed by atoms with Crippen LogP contribution < -0.4 is 11.2 Å². The van der Waals surface area contributed by atoms with Crippen LogP contribution in [0.5, 0.6) is 0 Å². The molecule has 0 aliphatic heterocycles. The first-order valence-electron chi connectivity index (χ1n) is 2.90. The molecule has 4 N–H and O–H groups in total. The number of nitrogens with one attached hydrogen (secondary N) is 1. The van der Waals surface area contributed by atoms with Gasteiger partial charge in [0.2, 0.25) is 0 Å². The predicted molar refractivity (Wildman–Crippen MR) is 48.2 cm³/mol. The van der Waals surface area contributed by atoms with Gasteiger partial charge in [-0.15, -0.1) is 12.4 Å². The molecule has 0 aromatic rings. The van der Waals surface area contributed by atoms with Crippen molar-refractivity contribution in [2.75, 3.05) is 12.0 Å². The molecule has 0 aromatic carbocycles. The summed E-state index contributed by atoms with van der Waals surface area (Å²) in [6, 6.07) is -0.586. The summed E-state index contributed by atoms with van der Waals surface area (Å²) < 4.78 is 0. The maximum atomic E-state index is 10.5. The maximum Gasteiger partial charge on any atom is 0.260 e. The molecule has 11 heavy (non-hydrogen) atoms. The standard InChI is InChI=1S/C5H12N2O2S.ClH/c1-10-3-2-4(6)5(8)7-9;/h4,9H,2-3,6H2,1H3,(H,7,8);1H/t4-;/m0./s1. The number of carbonyl (C=O) groups is 1. The molecule has 0 saturated carbocycles. The van der Waals surface area contributed by atoms with Crippen LogP contribution in [-0.4, -0.2) is 29.2 Å². The highest BCUT2D eigenvalue weighted by Gasteiger charge is 2.10. The normalized spacial score (nSPS) is 11.5. The van der Waals surface area contributed by atoms with Gasteiger partial charge in [0.25, 0.3) is 5.91 Å². The van der Waals surface area contributed by atoms with E-state index in [9.17, 15) is 4.79 Å². The molecule has 0 aliphatic carbocycles. The molecular formula is C5H13ClN2O2S. The largest absolute Gasteiger partial charge is 0.320 e. The van der Waals surface area contributed by atoms with E-state index in [2.05, 4.69) is 0 Å². The number of hydrogen-bond donors (Lipinski definition) is 3. The minimum absolute atomic E-state index is 0. The van der Waals surface area contributed by atoms with Crippen LogP contribution in [-0.2, 0) is 4.79 Å². The lowest BCUT2D eigenvalue weighted by molar-refractivity contribution is -0.130. The molecule has 0 unspecified atom stereocenters. The first-order valence-corrected chi connectivity index (χ1v) is 4.30. The maximum absolute atomic E-state index is 10.5. The first-order chi connectivity index (χ1) is 4.72. The van der Waals surface area contributed by atoms with Crippen LogP contribution >= 0.6 is 24.2 Å². The number of hydroxylamine groups is 1. The van der Waals surface area contributed by atoms with E-state index < -0.39 is 11.9 Å². The average Bonchev–Trinajstić information content (AvgIpc) is 1.98. The van der Waals surface area contributed by atoms with E-state index in [1.165, 1.54) is 5.48 Å². The van der Waals surface area contributed by atoms with Crippen LogP contribution in [0.25, 0.3) is 0 Å². The Morgan fingerprint density at radius 2 is 2.36 bits per heavy atom. The topological polar surface area (TPSA) is 75.4 Å². The van der Waals surface area contributed by atoms with Crippen molar-refractivity contribution in [1.29, 1.82) is 0 Å². The van der Waals surface area contributed by atoms with E-state index in [-0.39, 0.29) is 12.4 Å². The number of thioether (sulfide) groups is 1. The third-order valence-electron chi connectivity index (χ3n) is 1.08. The van der Waals surface area contributed by atoms with Crippen LogP contribution in [0.1, 0.15) is 6.42 Å². The molecule has 0 bridgehead atoms. The third-order valence-corrected chi connectivity index (χ3v) is 1.72. The summed E-state index contributed by atoms with van der Waals surface area (Å²) >= 11 is 1.62. The number of rotatable bonds is 4. The lowest BCUT2D eigenvalue weighted by Crippen LogP contribution is -2.39. The molecule has 0 heterocycles. The van der Waals surface area contributed by atoms with E-state index in [4.69, 9.17) is 10.9 Å². The average molecular weight is 201 g/mol. The Bertz CT molecular complexity index is 115. The van der Waals surface area contributed by atoms with Gasteiger partial charge in [0, 0.05) is 0 Å². The number of hydrogen-bond acceptors (Lipinski definition) is 4. The Morgan fingerprint density at radius 3 is 2.73 bits per heavy atom. The minimum Gasteiger partial charge on any atom is -0.320 e.